The van der Waals surface area contributed by atoms with Crippen LogP contribution in [-0.2, 0) is 11.2 Å². The van der Waals surface area contributed by atoms with E-state index in [-0.39, 0.29) is 30.1 Å². The van der Waals surface area contributed by atoms with E-state index in [0.717, 1.165) is 55.7 Å². The number of ether oxygens (including phenoxy) is 1. The fraction of sp³-hybridized carbons (Fsp3) is 0.750. The van der Waals surface area contributed by atoms with Crippen LogP contribution in [0.15, 0.2) is 10.4 Å². The van der Waals surface area contributed by atoms with Gasteiger partial charge < -0.3 is 25.2 Å². The largest absolute Gasteiger partial charge is 0.450 e. The molecule has 1 aromatic rings. The lowest BCUT2D eigenvalue weighted by atomic mass is 10.1. The van der Waals surface area contributed by atoms with E-state index in [2.05, 4.69) is 27.8 Å². The lowest BCUT2D eigenvalue weighted by molar-refractivity contribution is 0.0963. The SMILES string of the molecule is CCNC(=NCCc1csc(N2CCCC2)n1)NC1CCN(C(=O)OCC)CC1.I. The average molecular weight is 551 g/mol. The molecule has 2 aliphatic rings. The maximum absolute atomic E-state index is 11.8. The number of carbonyl (C=O) groups excluding carboxylic acids is 1. The number of piperidine rings is 1. The Hall–Kier alpha value is -1.30. The molecule has 2 fully saturated rings. The molecule has 8 nitrogen and oxygen atoms in total. The molecule has 30 heavy (non-hydrogen) atoms. The highest BCUT2D eigenvalue weighted by molar-refractivity contribution is 14.0. The zero-order chi connectivity index (χ0) is 20.5. The Morgan fingerprint density at radius 2 is 2.00 bits per heavy atom. The van der Waals surface area contributed by atoms with Crippen LogP contribution in [0.5, 0.6) is 0 Å². The summed E-state index contributed by atoms with van der Waals surface area (Å²) in [7, 11) is 0. The number of thiazole rings is 1. The number of nitrogens with zero attached hydrogens (tertiary/aromatic N) is 4. The Labute approximate surface area is 200 Å². The van der Waals surface area contributed by atoms with Gasteiger partial charge in [0.05, 0.1) is 12.3 Å². The van der Waals surface area contributed by atoms with Crippen LogP contribution in [0.1, 0.15) is 45.2 Å². The van der Waals surface area contributed by atoms with E-state index in [9.17, 15) is 4.79 Å². The third-order valence-corrected chi connectivity index (χ3v) is 6.21. The van der Waals surface area contributed by atoms with Gasteiger partial charge in [-0.2, -0.15) is 0 Å². The van der Waals surface area contributed by atoms with E-state index >= 15 is 0 Å². The molecule has 2 aliphatic heterocycles. The van der Waals surface area contributed by atoms with Crippen LogP contribution >= 0.6 is 35.3 Å². The molecule has 0 unspecified atom stereocenters. The summed E-state index contributed by atoms with van der Waals surface area (Å²) in [5, 5.41) is 10.2. The molecule has 0 atom stereocenters. The molecule has 0 aliphatic carbocycles. The highest BCUT2D eigenvalue weighted by atomic mass is 127. The molecule has 0 spiro atoms. The summed E-state index contributed by atoms with van der Waals surface area (Å²) >= 11 is 1.74. The second-order valence-electron chi connectivity index (χ2n) is 7.43. The summed E-state index contributed by atoms with van der Waals surface area (Å²) in [6.45, 7) is 9.56. The molecule has 0 aromatic carbocycles. The highest BCUT2D eigenvalue weighted by Gasteiger charge is 2.24. The van der Waals surface area contributed by atoms with Crippen molar-refractivity contribution in [2.75, 3.05) is 50.8 Å². The number of likely N-dealkylation sites (tertiary alicyclic amines) is 1. The minimum absolute atomic E-state index is 0. The van der Waals surface area contributed by atoms with Gasteiger partial charge in [-0.3, -0.25) is 4.99 Å². The zero-order valence-corrected chi connectivity index (χ0v) is 21.2. The molecular weight excluding hydrogens is 515 g/mol. The number of guanidine groups is 1. The highest BCUT2D eigenvalue weighted by Crippen LogP contribution is 2.24. The minimum Gasteiger partial charge on any atom is -0.450 e. The van der Waals surface area contributed by atoms with Crippen molar-refractivity contribution in [3.8, 4) is 0 Å². The van der Waals surface area contributed by atoms with Gasteiger partial charge in [0.15, 0.2) is 11.1 Å². The fourth-order valence-electron chi connectivity index (χ4n) is 3.68. The number of hydrogen-bond donors (Lipinski definition) is 2. The van der Waals surface area contributed by atoms with Crippen LogP contribution in [0.4, 0.5) is 9.93 Å². The molecule has 10 heteroatoms. The Morgan fingerprint density at radius 1 is 1.27 bits per heavy atom. The molecule has 0 bridgehead atoms. The molecule has 0 radical (unpaired) electrons. The first-order valence-corrected chi connectivity index (χ1v) is 11.7. The van der Waals surface area contributed by atoms with Gasteiger partial charge in [0.1, 0.15) is 0 Å². The van der Waals surface area contributed by atoms with Gasteiger partial charge in [0.25, 0.3) is 0 Å². The molecule has 1 aromatic heterocycles. The number of carbonyl (C=O) groups is 1. The number of aliphatic imine (C=N–C) groups is 1. The maximum Gasteiger partial charge on any atom is 0.409 e. The Kier molecular flexibility index (Phi) is 11.0. The third-order valence-electron chi connectivity index (χ3n) is 5.26. The first-order chi connectivity index (χ1) is 14.2. The summed E-state index contributed by atoms with van der Waals surface area (Å²) in [5.74, 6) is 0.845. The van der Waals surface area contributed by atoms with E-state index in [1.54, 1.807) is 16.2 Å². The number of nitrogens with one attached hydrogen (secondary N) is 2. The quantitative estimate of drug-likeness (QED) is 0.309. The van der Waals surface area contributed by atoms with Crippen molar-refractivity contribution in [1.29, 1.82) is 0 Å². The maximum atomic E-state index is 11.8. The van der Waals surface area contributed by atoms with Gasteiger partial charge in [-0.25, -0.2) is 9.78 Å². The van der Waals surface area contributed by atoms with Gasteiger partial charge >= 0.3 is 6.09 Å². The number of aromatic nitrogens is 1. The van der Waals surface area contributed by atoms with E-state index in [0.29, 0.717) is 32.3 Å². The van der Waals surface area contributed by atoms with Crippen molar-refractivity contribution in [3.05, 3.63) is 11.1 Å². The molecule has 2 N–H and O–H groups in total. The molecule has 3 heterocycles. The number of rotatable bonds is 7. The molecule has 170 valence electrons. The number of hydrogen-bond acceptors (Lipinski definition) is 6. The van der Waals surface area contributed by atoms with Crippen molar-refractivity contribution in [2.45, 2.75) is 52.0 Å². The number of anilines is 1. The van der Waals surface area contributed by atoms with Crippen LogP contribution in [0.3, 0.4) is 0 Å². The Morgan fingerprint density at radius 3 is 2.67 bits per heavy atom. The van der Waals surface area contributed by atoms with Crippen molar-refractivity contribution in [3.63, 3.8) is 0 Å². The smallest absolute Gasteiger partial charge is 0.409 e. The lowest BCUT2D eigenvalue weighted by Gasteiger charge is -2.32. The molecule has 1 amide bonds. The van der Waals surface area contributed by atoms with Gasteiger partial charge in [-0.05, 0) is 39.5 Å². The normalized spacial score (nSPS) is 17.6. The third kappa shape index (κ3) is 7.44. The van der Waals surface area contributed by atoms with Gasteiger partial charge in [-0.1, -0.05) is 0 Å². The Balaban J connectivity index is 0.00000320. The lowest BCUT2D eigenvalue weighted by Crippen LogP contribution is -2.50. The molecule has 0 saturated carbocycles. The van der Waals surface area contributed by atoms with E-state index in [4.69, 9.17) is 14.7 Å². The first-order valence-electron chi connectivity index (χ1n) is 10.9. The van der Waals surface area contributed by atoms with E-state index < -0.39 is 0 Å². The zero-order valence-electron chi connectivity index (χ0n) is 18.1. The van der Waals surface area contributed by atoms with Crippen LogP contribution in [0.25, 0.3) is 0 Å². The van der Waals surface area contributed by atoms with Crippen molar-refractivity contribution >= 4 is 52.5 Å². The van der Waals surface area contributed by atoms with Gasteiger partial charge in [0, 0.05) is 57.1 Å². The van der Waals surface area contributed by atoms with E-state index in [1.807, 2.05) is 6.92 Å². The van der Waals surface area contributed by atoms with Crippen molar-refractivity contribution in [2.24, 2.45) is 4.99 Å². The molecule has 3 rings (SSSR count). The van der Waals surface area contributed by atoms with Crippen molar-refractivity contribution < 1.29 is 9.53 Å². The van der Waals surface area contributed by atoms with E-state index in [1.165, 1.54) is 12.8 Å². The van der Waals surface area contributed by atoms with Crippen LogP contribution in [0.2, 0.25) is 0 Å². The number of halogens is 1. The molecular formula is C20H35IN6O2S. The summed E-state index contributed by atoms with van der Waals surface area (Å²) in [5.41, 5.74) is 1.12. The standard InChI is InChI=1S/C20H34N6O2S.HI/c1-3-21-18(23-16-8-13-26(14-9-16)20(27)28-4-2)22-10-7-17-15-29-19(24-17)25-11-5-6-12-25;/h15-16H,3-14H2,1-2H3,(H2,21,22,23);1H. The molecule has 2 saturated heterocycles. The second kappa shape index (κ2) is 13.2. The monoisotopic (exact) mass is 550 g/mol. The second-order valence-corrected chi connectivity index (χ2v) is 8.27. The van der Waals surface area contributed by atoms with Crippen molar-refractivity contribution in [1.82, 2.24) is 20.5 Å². The Bertz CT molecular complexity index is 672. The van der Waals surface area contributed by atoms with Crippen LogP contribution in [-0.4, -0.2) is 73.9 Å². The number of amides is 1. The van der Waals surface area contributed by atoms with Gasteiger partial charge in [-0.15, -0.1) is 35.3 Å². The summed E-state index contributed by atoms with van der Waals surface area (Å²) in [6.07, 6.45) is 4.99. The summed E-state index contributed by atoms with van der Waals surface area (Å²) in [4.78, 5) is 25.5. The topological polar surface area (TPSA) is 82.1 Å². The minimum atomic E-state index is -0.205. The first kappa shape index (κ1) is 25.0. The predicted molar refractivity (Wildman–Crippen MR) is 133 cm³/mol. The summed E-state index contributed by atoms with van der Waals surface area (Å²) in [6, 6.07) is 0.319. The van der Waals surface area contributed by atoms with Crippen LogP contribution < -0.4 is 15.5 Å². The fourth-order valence-corrected chi connectivity index (χ4v) is 4.60. The van der Waals surface area contributed by atoms with Gasteiger partial charge in [0.2, 0.25) is 0 Å². The van der Waals surface area contributed by atoms with Crippen LogP contribution in [0, 0.1) is 0 Å². The summed E-state index contributed by atoms with van der Waals surface area (Å²) < 4.78 is 5.09. The average Bonchev–Trinajstić information content (AvgIpc) is 3.41. The predicted octanol–water partition coefficient (Wildman–Crippen LogP) is 3.08.